The van der Waals surface area contributed by atoms with Crippen LogP contribution in [0.4, 0.5) is 4.79 Å². The molecular formula is C21H29N3O4S. The van der Waals surface area contributed by atoms with E-state index in [1.54, 1.807) is 39.8 Å². The van der Waals surface area contributed by atoms with Crippen molar-refractivity contribution in [3.63, 3.8) is 0 Å². The Morgan fingerprint density at radius 3 is 2.62 bits per heavy atom. The second-order valence-corrected chi connectivity index (χ2v) is 10.3. The number of sulfonamides is 1. The molecule has 0 spiro atoms. The van der Waals surface area contributed by atoms with Crippen molar-refractivity contribution in [2.45, 2.75) is 57.1 Å². The number of amides is 1. The van der Waals surface area contributed by atoms with Gasteiger partial charge in [0.15, 0.2) is 0 Å². The molecule has 8 heteroatoms. The first-order chi connectivity index (χ1) is 13.6. The predicted octanol–water partition coefficient (Wildman–Crippen LogP) is 3.64. The number of aromatic nitrogens is 1. The van der Waals surface area contributed by atoms with Gasteiger partial charge < -0.3 is 9.64 Å². The number of hydrogen-bond donors (Lipinski definition) is 0. The van der Waals surface area contributed by atoms with Crippen molar-refractivity contribution in [3.05, 3.63) is 36.7 Å². The number of fused-ring (bicyclic) bond motifs is 1. The summed E-state index contributed by atoms with van der Waals surface area (Å²) in [6.07, 6.45) is 4.14. The molecule has 0 N–H and O–H groups in total. The molecule has 1 fully saturated rings. The summed E-state index contributed by atoms with van der Waals surface area (Å²) < 4.78 is 33.6. The van der Waals surface area contributed by atoms with Gasteiger partial charge in [-0.05, 0) is 64.1 Å². The van der Waals surface area contributed by atoms with E-state index in [0.717, 1.165) is 10.8 Å². The van der Waals surface area contributed by atoms with Crippen LogP contribution in [0.25, 0.3) is 10.8 Å². The average Bonchev–Trinajstić information content (AvgIpc) is 2.63. The molecule has 1 aromatic carbocycles. The van der Waals surface area contributed by atoms with Crippen molar-refractivity contribution < 1.29 is 17.9 Å². The molecule has 0 bridgehead atoms. The Balaban J connectivity index is 1.76. The molecule has 2 aromatic rings. The molecule has 0 aliphatic carbocycles. The predicted molar refractivity (Wildman–Crippen MR) is 112 cm³/mol. The van der Waals surface area contributed by atoms with Gasteiger partial charge in [-0.15, -0.1) is 0 Å². The van der Waals surface area contributed by atoms with Crippen molar-refractivity contribution in [2.24, 2.45) is 0 Å². The minimum absolute atomic E-state index is 0.224. The molecule has 0 radical (unpaired) electrons. The maximum absolute atomic E-state index is 13.3. The number of rotatable bonds is 2. The topological polar surface area (TPSA) is 79.8 Å². The lowest BCUT2D eigenvalue weighted by molar-refractivity contribution is 0.0219. The molecule has 1 saturated heterocycles. The highest BCUT2D eigenvalue weighted by molar-refractivity contribution is 7.89. The molecule has 1 amide bonds. The highest BCUT2D eigenvalue weighted by Gasteiger charge is 2.32. The van der Waals surface area contributed by atoms with Gasteiger partial charge in [-0.1, -0.05) is 6.07 Å². The molecular weight excluding hydrogens is 390 g/mol. The summed E-state index contributed by atoms with van der Waals surface area (Å²) in [5, 5.41) is 1.75. The fourth-order valence-corrected chi connectivity index (χ4v) is 5.20. The number of ether oxygens (including phenoxy) is 1. The third-order valence-corrected chi connectivity index (χ3v) is 6.99. The summed E-state index contributed by atoms with van der Waals surface area (Å²) in [5.74, 6) is 0. The monoisotopic (exact) mass is 419 g/mol. The van der Waals surface area contributed by atoms with E-state index in [-0.39, 0.29) is 17.0 Å². The second-order valence-electron chi connectivity index (χ2n) is 8.46. The molecule has 3 rings (SSSR count). The molecule has 1 aromatic heterocycles. The minimum Gasteiger partial charge on any atom is -0.444 e. The smallest absolute Gasteiger partial charge is 0.410 e. The lowest BCUT2D eigenvalue weighted by Crippen LogP contribution is -2.47. The average molecular weight is 420 g/mol. The molecule has 1 aliphatic rings. The van der Waals surface area contributed by atoms with E-state index in [0.29, 0.717) is 32.5 Å². The van der Waals surface area contributed by atoms with Crippen molar-refractivity contribution in [3.8, 4) is 0 Å². The van der Waals surface area contributed by atoms with Gasteiger partial charge in [0, 0.05) is 43.5 Å². The molecule has 0 saturated carbocycles. The van der Waals surface area contributed by atoms with Gasteiger partial charge >= 0.3 is 6.09 Å². The molecule has 7 nitrogen and oxygen atoms in total. The Hall–Kier alpha value is -2.19. The quantitative estimate of drug-likeness (QED) is 0.742. The first-order valence-corrected chi connectivity index (χ1v) is 11.4. The molecule has 0 unspecified atom stereocenters. The number of nitrogens with zero attached hydrogens (tertiary/aromatic N) is 3. The van der Waals surface area contributed by atoms with Crippen molar-refractivity contribution >= 4 is 26.9 Å². The van der Waals surface area contributed by atoms with Gasteiger partial charge in [0.05, 0.1) is 4.90 Å². The Morgan fingerprint density at radius 2 is 1.90 bits per heavy atom. The highest BCUT2D eigenvalue weighted by Crippen LogP contribution is 2.25. The number of carbonyl (C=O) groups is 1. The standard InChI is InChI=1S/C21H29N3O4S/c1-16-9-13-23(20(25)28-21(2,3)4)11-5-12-24(16)29(26,27)19-7-6-18-15-22-10-8-17(18)14-19/h6-8,10,14-16H,5,9,11-13H2,1-4H3/t16-/m1/s1. The Labute approximate surface area is 172 Å². The maximum Gasteiger partial charge on any atom is 0.410 e. The van der Waals surface area contributed by atoms with Gasteiger partial charge in [0.25, 0.3) is 0 Å². The lowest BCUT2D eigenvalue weighted by Gasteiger charge is -2.35. The van der Waals surface area contributed by atoms with Gasteiger partial charge in [-0.2, -0.15) is 4.31 Å². The zero-order valence-corrected chi connectivity index (χ0v) is 18.3. The summed E-state index contributed by atoms with van der Waals surface area (Å²) in [4.78, 5) is 18.4. The zero-order valence-electron chi connectivity index (χ0n) is 17.5. The van der Waals surface area contributed by atoms with Crippen LogP contribution < -0.4 is 0 Å². The van der Waals surface area contributed by atoms with Crippen LogP contribution in [0.2, 0.25) is 0 Å². The Bertz CT molecular complexity index is 985. The molecule has 158 valence electrons. The SMILES string of the molecule is C[C@@H]1CCN(C(=O)OC(C)(C)C)CCCN1S(=O)(=O)c1ccc2cnccc2c1. The maximum atomic E-state index is 13.3. The van der Waals surface area contributed by atoms with E-state index < -0.39 is 15.6 Å². The van der Waals surface area contributed by atoms with Crippen LogP contribution >= 0.6 is 0 Å². The number of benzene rings is 1. The first kappa shape index (κ1) is 21.5. The summed E-state index contributed by atoms with van der Waals surface area (Å²) in [5.41, 5.74) is -0.550. The van der Waals surface area contributed by atoms with Gasteiger partial charge in [-0.25, -0.2) is 13.2 Å². The third-order valence-electron chi connectivity index (χ3n) is 4.99. The van der Waals surface area contributed by atoms with E-state index in [1.807, 2.05) is 33.8 Å². The van der Waals surface area contributed by atoms with Crippen LogP contribution in [-0.2, 0) is 14.8 Å². The fourth-order valence-electron chi connectivity index (χ4n) is 3.46. The first-order valence-electron chi connectivity index (χ1n) is 9.91. The second kappa shape index (κ2) is 8.28. The van der Waals surface area contributed by atoms with Crippen LogP contribution in [0.1, 0.15) is 40.5 Å². The van der Waals surface area contributed by atoms with Crippen LogP contribution in [0.3, 0.4) is 0 Å². The number of hydrogen-bond acceptors (Lipinski definition) is 5. The van der Waals surface area contributed by atoms with Crippen LogP contribution in [0, 0.1) is 0 Å². The summed E-state index contributed by atoms with van der Waals surface area (Å²) in [6.45, 7) is 8.70. The lowest BCUT2D eigenvalue weighted by atomic mass is 10.2. The highest BCUT2D eigenvalue weighted by atomic mass is 32.2. The van der Waals surface area contributed by atoms with E-state index in [2.05, 4.69) is 4.98 Å². The minimum atomic E-state index is -3.63. The Morgan fingerprint density at radius 1 is 1.14 bits per heavy atom. The molecule has 1 aliphatic heterocycles. The zero-order chi connectivity index (χ0) is 21.2. The van der Waals surface area contributed by atoms with Gasteiger partial charge in [-0.3, -0.25) is 4.98 Å². The molecule has 29 heavy (non-hydrogen) atoms. The van der Waals surface area contributed by atoms with Crippen molar-refractivity contribution in [1.29, 1.82) is 0 Å². The summed E-state index contributed by atoms with van der Waals surface area (Å²) in [7, 11) is -3.63. The van der Waals surface area contributed by atoms with Gasteiger partial charge in [0.2, 0.25) is 10.0 Å². The van der Waals surface area contributed by atoms with E-state index in [4.69, 9.17) is 4.74 Å². The largest absolute Gasteiger partial charge is 0.444 e. The summed E-state index contributed by atoms with van der Waals surface area (Å²) in [6, 6.07) is 6.71. The van der Waals surface area contributed by atoms with E-state index in [9.17, 15) is 13.2 Å². The molecule has 1 atom stereocenters. The molecule has 2 heterocycles. The van der Waals surface area contributed by atoms with Gasteiger partial charge in [0.1, 0.15) is 5.60 Å². The summed E-state index contributed by atoms with van der Waals surface area (Å²) >= 11 is 0. The van der Waals surface area contributed by atoms with Crippen LogP contribution in [0.5, 0.6) is 0 Å². The Kier molecular flexibility index (Phi) is 6.14. The van der Waals surface area contributed by atoms with Crippen molar-refractivity contribution in [2.75, 3.05) is 19.6 Å². The van der Waals surface area contributed by atoms with E-state index >= 15 is 0 Å². The van der Waals surface area contributed by atoms with E-state index in [1.165, 1.54) is 0 Å². The van der Waals surface area contributed by atoms with Crippen LogP contribution in [-0.4, -0.2) is 60.0 Å². The number of pyridine rings is 1. The normalized spacial score (nSPS) is 19.6. The third kappa shape index (κ3) is 5.05. The van der Waals surface area contributed by atoms with Crippen LogP contribution in [0.15, 0.2) is 41.6 Å². The fraction of sp³-hybridized carbons (Fsp3) is 0.524. The number of carbonyl (C=O) groups excluding carboxylic acids is 1. The van der Waals surface area contributed by atoms with Crippen molar-refractivity contribution in [1.82, 2.24) is 14.2 Å².